The van der Waals surface area contributed by atoms with Crippen molar-refractivity contribution in [2.75, 3.05) is 33.9 Å². The predicted molar refractivity (Wildman–Crippen MR) is 126 cm³/mol. The van der Waals surface area contributed by atoms with E-state index in [1.807, 2.05) is 0 Å². The van der Waals surface area contributed by atoms with E-state index < -0.39 is 17.5 Å². The molecule has 0 radical (unpaired) electrons. The number of fused-ring (bicyclic) bond motifs is 1. The summed E-state index contributed by atoms with van der Waals surface area (Å²) in [6.45, 7) is 1.66. The zero-order valence-corrected chi connectivity index (χ0v) is 20.1. The number of hydrogen-bond donors (Lipinski definition) is 1. The van der Waals surface area contributed by atoms with Gasteiger partial charge in [-0.2, -0.15) is 0 Å². The molecule has 2 saturated heterocycles. The van der Waals surface area contributed by atoms with E-state index in [2.05, 4.69) is 5.32 Å². The summed E-state index contributed by atoms with van der Waals surface area (Å²) in [5.41, 5.74) is -0.774. The summed E-state index contributed by atoms with van der Waals surface area (Å²) in [4.78, 5) is 44.6. The Morgan fingerprint density at radius 2 is 1.89 bits per heavy atom. The number of furan rings is 1. The number of amides is 3. The highest BCUT2D eigenvalue weighted by molar-refractivity contribution is 6.01. The molecule has 3 amide bonds. The number of likely N-dealkylation sites (N-methyl/N-ethyl adjacent to an activating group) is 1. The van der Waals surface area contributed by atoms with Crippen LogP contribution in [0.3, 0.4) is 0 Å². The van der Waals surface area contributed by atoms with E-state index in [9.17, 15) is 14.4 Å². The Morgan fingerprint density at radius 3 is 2.63 bits per heavy atom. The number of carbonyl (C=O) groups is 3. The second kappa shape index (κ2) is 9.28. The molecule has 2 aromatic rings. The number of benzene rings is 1. The van der Waals surface area contributed by atoms with Crippen LogP contribution in [-0.4, -0.2) is 66.9 Å². The van der Waals surface area contributed by atoms with E-state index in [4.69, 9.17) is 13.9 Å². The van der Waals surface area contributed by atoms with Crippen molar-refractivity contribution in [2.45, 2.75) is 43.7 Å². The average molecular weight is 482 g/mol. The Kier molecular flexibility index (Phi) is 6.17. The molecular weight excluding hydrogens is 450 g/mol. The lowest BCUT2D eigenvalue weighted by Crippen LogP contribution is -2.57. The molecule has 1 N–H and O–H groups in total. The van der Waals surface area contributed by atoms with Gasteiger partial charge in [-0.1, -0.05) is 0 Å². The van der Waals surface area contributed by atoms with Gasteiger partial charge < -0.3 is 29.0 Å². The van der Waals surface area contributed by atoms with Gasteiger partial charge in [0.25, 0.3) is 5.91 Å². The highest BCUT2D eigenvalue weighted by Gasteiger charge is 2.61. The molecular formula is C26H31N3O6. The second-order valence-electron chi connectivity index (χ2n) is 9.49. The van der Waals surface area contributed by atoms with Crippen molar-refractivity contribution in [1.29, 1.82) is 0 Å². The number of nitrogens with one attached hydrogen (secondary N) is 1. The Bertz CT molecular complexity index is 1120. The third-order valence-corrected chi connectivity index (χ3v) is 7.39. The first-order valence-electron chi connectivity index (χ1n) is 12.2. The molecule has 5 rings (SSSR count). The van der Waals surface area contributed by atoms with Gasteiger partial charge in [0.05, 0.1) is 25.4 Å². The minimum absolute atomic E-state index is 0.138. The first-order valence-corrected chi connectivity index (χ1v) is 12.2. The Labute approximate surface area is 204 Å². The van der Waals surface area contributed by atoms with Crippen molar-refractivity contribution >= 4 is 17.7 Å². The minimum atomic E-state index is -1.15. The highest BCUT2D eigenvalue weighted by Crippen LogP contribution is 2.51. The number of nitrogens with zero attached hydrogens (tertiary/aromatic N) is 2. The Balaban J connectivity index is 1.65. The first kappa shape index (κ1) is 23.3. The fourth-order valence-corrected chi connectivity index (χ4v) is 5.73. The fourth-order valence-electron chi connectivity index (χ4n) is 5.73. The topological polar surface area (TPSA) is 101 Å². The number of likely N-dealkylation sites (tertiary alicyclic amines) is 2. The van der Waals surface area contributed by atoms with Gasteiger partial charge in [0.15, 0.2) is 11.5 Å². The lowest BCUT2D eigenvalue weighted by atomic mass is 9.85. The fraction of sp³-hybridized carbons (Fsp3) is 0.500. The zero-order valence-electron chi connectivity index (χ0n) is 20.1. The zero-order chi connectivity index (χ0) is 24.6. The SMILES string of the molecule is CNC(=O)[C@H]1C[C@]2(CCCCN(C)C2=O)N(C(=O)c2ccc3c(c2)OCCCO3)[C@H]1c1ccco1. The summed E-state index contributed by atoms with van der Waals surface area (Å²) in [5, 5.41) is 2.73. The molecule has 35 heavy (non-hydrogen) atoms. The van der Waals surface area contributed by atoms with Crippen molar-refractivity contribution in [1.82, 2.24) is 15.1 Å². The summed E-state index contributed by atoms with van der Waals surface area (Å²) in [5.74, 6) is 0.246. The lowest BCUT2D eigenvalue weighted by Gasteiger charge is -2.40. The van der Waals surface area contributed by atoms with E-state index in [0.717, 1.165) is 19.3 Å². The standard InChI is InChI=1S/C26H31N3O6/c1-27-23(30)18-16-26(10-3-4-11-28(2)25(26)32)29(22(18)20-7-5-12-34-20)24(31)17-8-9-19-21(15-17)35-14-6-13-33-19/h5,7-9,12,15,18,22H,3-4,6,10-11,13-14,16H2,1-2H3,(H,27,30)/t18-,22+,26-/m0/s1. The average Bonchev–Trinajstić information content (AvgIpc) is 3.41. The van der Waals surface area contributed by atoms with Crippen LogP contribution in [0.25, 0.3) is 0 Å². The molecule has 0 bridgehead atoms. The highest BCUT2D eigenvalue weighted by atomic mass is 16.5. The maximum absolute atomic E-state index is 14.3. The molecule has 1 aromatic carbocycles. The smallest absolute Gasteiger partial charge is 0.255 e. The van der Waals surface area contributed by atoms with E-state index in [1.165, 1.54) is 6.26 Å². The van der Waals surface area contributed by atoms with Crippen LogP contribution >= 0.6 is 0 Å². The maximum Gasteiger partial charge on any atom is 0.255 e. The molecule has 3 aliphatic heterocycles. The molecule has 186 valence electrons. The van der Waals surface area contributed by atoms with Crippen LogP contribution in [0.4, 0.5) is 0 Å². The van der Waals surface area contributed by atoms with Crippen LogP contribution in [0.15, 0.2) is 41.0 Å². The Hall–Kier alpha value is -3.49. The monoisotopic (exact) mass is 481 g/mol. The molecule has 4 heterocycles. The molecule has 9 nitrogen and oxygen atoms in total. The molecule has 0 saturated carbocycles. The third kappa shape index (κ3) is 3.92. The number of rotatable bonds is 3. The van der Waals surface area contributed by atoms with E-state index in [0.29, 0.717) is 49.0 Å². The van der Waals surface area contributed by atoms with E-state index in [1.54, 1.807) is 54.2 Å². The van der Waals surface area contributed by atoms with Gasteiger partial charge in [-0.25, -0.2) is 0 Å². The van der Waals surface area contributed by atoms with Gasteiger partial charge >= 0.3 is 0 Å². The van der Waals surface area contributed by atoms with Crippen LogP contribution in [0.1, 0.15) is 54.3 Å². The van der Waals surface area contributed by atoms with E-state index in [-0.39, 0.29) is 24.1 Å². The number of hydrogen-bond acceptors (Lipinski definition) is 6. The van der Waals surface area contributed by atoms with E-state index >= 15 is 0 Å². The van der Waals surface area contributed by atoms with Crippen LogP contribution in [-0.2, 0) is 9.59 Å². The molecule has 3 aliphatic rings. The van der Waals surface area contributed by atoms with Crippen molar-refractivity contribution in [2.24, 2.45) is 5.92 Å². The van der Waals surface area contributed by atoms with Crippen LogP contribution in [0, 0.1) is 5.92 Å². The second-order valence-corrected chi connectivity index (χ2v) is 9.49. The number of ether oxygens (including phenoxy) is 2. The van der Waals surface area contributed by atoms with Crippen molar-refractivity contribution in [3.63, 3.8) is 0 Å². The van der Waals surface area contributed by atoms with Crippen molar-refractivity contribution < 1.29 is 28.3 Å². The number of carbonyl (C=O) groups excluding carboxylic acids is 3. The molecule has 1 aromatic heterocycles. The summed E-state index contributed by atoms with van der Waals surface area (Å²) in [6, 6.07) is 7.88. The van der Waals surface area contributed by atoms with Gasteiger partial charge in [0.1, 0.15) is 17.3 Å². The first-order chi connectivity index (χ1) is 17.0. The molecule has 3 atom stereocenters. The normalized spacial score (nSPS) is 26.4. The van der Waals surface area contributed by atoms with Gasteiger partial charge in [-0.15, -0.1) is 0 Å². The van der Waals surface area contributed by atoms with Crippen LogP contribution in [0.2, 0.25) is 0 Å². The molecule has 0 aliphatic carbocycles. The Morgan fingerprint density at radius 1 is 1.09 bits per heavy atom. The van der Waals surface area contributed by atoms with Gasteiger partial charge in [0.2, 0.25) is 11.8 Å². The maximum atomic E-state index is 14.3. The summed E-state index contributed by atoms with van der Waals surface area (Å²) in [6.07, 6.45) is 4.61. The van der Waals surface area contributed by atoms with Gasteiger partial charge in [0, 0.05) is 32.6 Å². The largest absolute Gasteiger partial charge is 0.490 e. The molecule has 9 heteroatoms. The van der Waals surface area contributed by atoms with Crippen molar-refractivity contribution in [3.8, 4) is 11.5 Å². The molecule has 1 spiro atoms. The summed E-state index contributed by atoms with van der Waals surface area (Å²) >= 11 is 0. The molecule has 0 unspecified atom stereocenters. The van der Waals surface area contributed by atoms with Crippen molar-refractivity contribution in [3.05, 3.63) is 47.9 Å². The molecule has 2 fully saturated rings. The summed E-state index contributed by atoms with van der Waals surface area (Å²) in [7, 11) is 3.34. The quantitative estimate of drug-likeness (QED) is 0.724. The van der Waals surface area contributed by atoms with Gasteiger partial charge in [-0.05, 0) is 56.0 Å². The van der Waals surface area contributed by atoms with Gasteiger partial charge in [-0.3, -0.25) is 14.4 Å². The predicted octanol–water partition coefficient (Wildman–Crippen LogP) is 2.77. The van der Waals surface area contributed by atoms with Crippen LogP contribution in [0.5, 0.6) is 11.5 Å². The minimum Gasteiger partial charge on any atom is -0.490 e. The lowest BCUT2D eigenvalue weighted by molar-refractivity contribution is -0.140. The van der Waals surface area contributed by atoms with Crippen LogP contribution < -0.4 is 14.8 Å². The summed E-state index contributed by atoms with van der Waals surface area (Å²) < 4.78 is 17.3. The third-order valence-electron chi connectivity index (χ3n) is 7.39.